The molecule has 0 bridgehead atoms. The second-order valence-electron chi connectivity index (χ2n) is 6.36. The van der Waals surface area contributed by atoms with Crippen molar-refractivity contribution in [3.63, 3.8) is 0 Å². The fourth-order valence-corrected chi connectivity index (χ4v) is 3.82. The van der Waals surface area contributed by atoms with Gasteiger partial charge in [-0.3, -0.25) is 4.79 Å². The number of halogens is 2. The van der Waals surface area contributed by atoms with E-state index in [-0.39, 0.29) is 28.6 Å². The van der Waals surface area contributed by atoms with Gasteiger partial charge in [0.15, 0.2) is 0 Å². The molecule has 3 rings (SSSR count). The van der Waals surface area contributed by atoms with Gasteiger partial charge in [-0.2, -0.15) is 0 Å². The number of hydrogen-bond acceptors (Lipinski definition) is 3. The van der Waals surface area contributed by atoms with Gasteiger partial charge in [-0.15, -0.1) is 0 Å². The van der Waals surface area contributed by atoms with Crippen LogP contribution in [0.25, 0.3) is 0 Å². The second-order valence-corrected chi connectivity index (χ2v) is 6.79. The van der Waals surface area contributed by atoms with Crippen LogP contribution in [0.4, 0.5) is 10.1 Å². The molecule has 1 aromatic carbocycles. The van der Waals surface area contributed by atoms with Gasteiger partial charge in [0.05, 0.1) is 11.8 Å². The first kappa shape index (κ1) is 14.8. The molecule has 1 aromatic rings. The highest BCUT2D eigenvalue weighted by atomic mass is 35.5. The molecule has 3 atom stereocenters. The SMILES string of the molecule is CC1(C)C2OCCC2C1(N)C(=O)Nc1ccc(Cl)cc1F. The molecule has 0 spiro atoms. The van der Waals surface area contributed by atoms with Gasteiger partial charge in [-0.1, -0.05) is 25.4 Å². The van der Waals surface area contributed by atoms with Crippen molar-refractivity contribution < 1.29 is 13.9 Å². The van der Waals surface area contributed by atoms with Crippen LogP contribution in [0, 0.1) is 17.2 Å². The first-order chi connectivity index (χ1) is 9.78. The maximum atomic E-state index is 13.8. The number of hydrogen-bond donors (Lipinski definition) is 2. The van der Waals surface area contributed by atoms with E-state index in [1.807, 2.05) is 13.8 Å². The molecule has 1 amide bonds. The number of amides is 1. The molecular formula is C15H18ClFN2O2. The van der Waals surface area contributed by atoms with Crippen LogP contribution in [-0.2, 0) is 9.53 Å². The molecule has 0 radical (unpaired) electrons. The summed E-state index contributed by atoms with van der Waals surface area (Å²) in [5.41, 5.74) is 4.95. The Hall–Kier alpha value is -1.17. The third kappa shape index (κ3) is 1.91. The number of benzene rings is 1. The van der Waals surface area contributed by atoms with Gasteiger partial charge < -0.3 is 15.8 Å². The Bertz CT molecular complexity index is 607. The Morgan fingerprint density at radius 3 is 2.90 bits per heavy atom. The molecule has 21 heavy (non-hydrogen) atoms. The number of carbonyl (C=O) groups is 1. The molecule has 1 aliphatic carbocycles. The summed E-state index contributed by atoms with van der Waals surface area (Å²) in [5, 5.41) is 2.87. The number of rotatable bonds is 2. The summed E-state index contributed by atoms with van der Waals surface area (Å²) >= 11 is 5.71. The fourth-order valence-electron chi connectivity index (χ4n) is 3.66. The minimum Gasteiger partial charge on any atom is -0.377 e. The molecule has 4 nitrogen and oxygen atoms in total. The molecule has 1 heterocycles. The monoisotopic (exact) mass is 312 g/mol. The summed E-state index contributed by atoms with van der Waals surface area (Å²) < 4.78 is 19.5. The van der Waals surface area contributed by atoms with Crippen LogP contribution in [0.3, 0.4) is 0 Å². The van der Waals surface area contributed by atoms with Crippen molar-refractivity contribution in [1.29, 1.82) is 0 Å². The Balaban J connectivity index is 1.85. The van der Waals surface area contributed by atoms with E-state index in [9.17, 15) is 9.18 Å². The summed E-state index contributed by atoms with van der Waals surface area (Å²) in [7, 11) is 0. The average Bonchev–Trinajstić information content (AvgIpc) is 2.89. The number of carbonyl (C=O) groups excluding carboxylic acids is 1. The lowest BCUT2D eigenvalue weighted by atomic mass is 9.48. The van der Waals surface area contributed by atoms with Crippen molar-refractivity contribution in [2.75, 3.05) is 11.9 Å². The van der Waals surface area contributed by atoms with Gasteiger partial charge in [-0.05, 0) is 24.6 Å². The van der Waals surface area contributed by atoms with E-state index in [1.165, 1.54) is 12.1 Å². The third-order valence-corrected chi connectivity index (χ3v) is 5.24. The Morgan fingerprint density at radius 2 is 2.24 bits per heavy atom. The van der Waals surface area contributed by atoms with E-state index in [0.29, 0.717) is 6.61 Å². The summed E-state index contributed by atoms with van der Waals surface area (Å²) in [6, 6.07) is 4.12. The first-order valence-corrected chi connectivity index (χ1v) is 7.33. The zero-order valence-corrected chi connectivity index (χ0v) is 12.7. The normalized spacial score (nSPS) is 33.2. The van der Waals surface area contributed by atoms with Crippen molar-refractivity contribution >= 4 is 23.2 Å². The maximum Gasteiger partial charge on any atom is 0.245 e. The molecule has 1 aliphatic heterocycles. The van der Waals surface area contributed by atoms with Gasteiger partial charge in [-0.25, -0.2) is 4.39 Å². The van der Waals surface area contributed by atoms with Gasteiger partial charge in [0.1, 0.15) is 11.4 Å². The first-order valence-electron chi connectivity index (χ1n) is 6.95. The number of ether oxygens (including phenoxy) is 1. The number of nitrogens with one attached hydrogen (secondary N) is 1. The van der Waals surface area contributed by atoms with Crippen LogP contribution in [-0.4, -0.2) is 24.2 Å². The molecule has 2 aliphatic rings. The molecule has 1 saturated carbocycles. The van der Waals surface area contributed by atoms with Crippen molar-refractivity contribution in [2.24, 2.45) is 17.1 Å². The second kappa shape index (κ2) is 4.66. The van der Waals surface area contributed by atoms with E-state index in [0.717, 1.165) is 12.5 Å². The molecule has 3 N–H and O–H groups in total. The zero-order valence-electron chi connectivity index (χ0n) is 12.0. The highest BCUT2D eigenvalue weighted by Crippen LogP contribution is 2.58. The Morgan fingerprint density at radius 1 is 1.52 bits per heavy atom. The lowest BCUT2D eigenvalue weighted by molar-refractivity contribution is -0.170. The van der Waals surface area contributed by atoms with E-state index < -0.39 is 16.8 Å². The summed E-state index contributed by atoms with van der Waals surface area (Å²) in [4.78, 5) is 12.6. The Labute approximate surface area is 127 Å². The number of fused-ring (bicyclic) bond motifs is 1. The van der Waals surface area contributed by atoms with Gasteiger partial charge in [0, 0.05) is 23.0 Å². The van der Waals surface area contributed by atoms with Gasteiger partial charge >= 0.3 is 0 Å². The van der Waals surface area contributed by atoms with Crippen molar-refractivity contribution in [2.45, 2.75) is 31.9 Å². The zero-order chi connectivity index (χ0) is 15.4. The maximum absolute atomic E-state index is 13.8. The lowest BCUT2D eigenvalue weighted by Crippen LogP contribution is -2.79. The lowest BCUT2D eigenvalue weighted by Gasteiger charge is -2.60. The predicted octanol–water partition coefficient (Wildman–Crippen LogP) is 2.56. The molecule has 6 heteroatoms. The van der Waals surface area contributed by atoms with Crippen LogP contribution in [0.2, 0.25) is 5.02 Å². The molecule has 1 saturated heterocycles. The minimum atomic E-state index is -1.06. The van der Waals surface area contributed by atoms with Gasteiger partial charge in [0.2, 0.25) is 5.91 Å². The summed E-state index contributed by atoms with van der Waals surface area (Å²) in [6.07, 6.45) is 0.740. The quantitative estimate of drug-likeness (QED) is 0.882. The van der Waals surface area contributed by atoms with E-state index in [1.54, 1.807) is 0 Å². The van der Waals surface area contributed by atoms with Crippen LogP contribution in [0.5, 0.6) is 0 Å². The molecule has 3 unspecified atom stereocenters. The largest absolute Gasteiger partial charge is 0.377 e. The predicted molar refractivity (Wildman–Crippen MR) is 78.6 cm³/mol. The third-order valence-electron chi connectivity index (χ3n) is 5.01. The summed E-state index contributed by atoms with van der Waals surface area (Å²) in [5.74, 6) is -0.973. The minimum absolute atomic E-state index is 0.0108. The van der Waals surface area contributed by atoms with Gasteiger partial charge in [0.25, 0.3) is 0 Å². The average molecular weight is 313 g/mol. The number of anilines is 1. The molecular weight excluding hydrogens is 295 g/mol. The van der Waals surface area contributed by atoms with Crippen LogP contribution in [0.1, 0.15) is 20.3 Å². The van der Waals surface area contributed by atoms with Crippen molar-refractivity contribution in [1.82, 2.24) is 0 Å². The van der Waals surface area contributed by atoms with Crippen molar-refractivity contribution in [3.05, 3.63) is 29.0 Å². The summed E-state index contributed by atoms with van der Waals surface area (Å²) in [6.45, 7) is 4.44. The highest BCUT2D eigenvalue weighted by Gasteiger charge is 2.71. The fraction of sp³-hybridized carbons (Fsp3) is 0.533. The Kier molecular flexibility index (Phi) is 3.28. The smallest absolute Gasteiger partial charge is 0.245 e. The highest BCUT2D eigenvalue weighted by molar-refractivity contribution is 6.30. The molecule has 0 aromatic heterocycles. The van der Waals surface area contributed by atoms with Crippen LogP contribution >= 0.6 is 11.6 Å². The van der Waals surface area contributed by atoms with E-state index >= 15 is 0 Å². The topological polar surface area (TPSA) is 64.3 Å². The molecule has 2 fully saturated rings. The number of nitrogens with two attached hydrogens (primary N) is 1. The van der Waals surface area contributed by atoms with Crippen molar-refractivity contribution in [3.8, 4) is 0 Å². The van der Waals surface area contributed by atoms with Crippen LogP contribution in [0.15, 0.2) is 18.2 Å². The van der Waals surface area contributed by atoms with Crippen LogP contribution < -0.4 is 11.1 Å². The molecule has 114 valence electrons. The van der Waals surface area contributed by atoms with E-state index in [2.05, 4.69) is 5.32 Å². The standard InChI is InChI=1S/C15H18ClFN2O2/c1-14(2)12-9(5-6-21-12)15(14,18)13(20)19-11-4-3-8(16)7-10(11)17/h3-4,7,9,12H,5-6,18H2,1-2H3,(H,19,20). The van der Waals surface area contributed by atoms with E-state index in [4.69, 9.17) is 22.1 Å².